The highest BCUT2D eigenvalue weighted by molar-refractivity contribution is 6.32. The standard InChI is InChI=1S/C21H16ClNO2/c22-19(15-9-3-1-4-10-15)21(25)23-18-14-8-7-13-17(18)20(24)16-11-5-2-6-12-16/h1-14,19H,(H,23,25)/t19-/m0/s1. The Labute approximate surface area is 151 Å². The summed E-state index contributed by atoms with van der Waals surface area (Å²) in [6, 6.07) is 25.0. The monoisotopic (exact) mass is 349 g/mol. The van der Waals surface area contributed by atoms with Crippen LogP contribution in [-0.4, -0.2) is 11.7 Å². The first kappa shape index (κ1) is 16.9. The van der Waals surface area contributed by atoms with Crippen LogP contribution in [0.25, 0.3) is 0 Å². The fourth-order valence-electron chi connectivity index (χ4n) is 2.50. The molecule has 3 aromatic rings. The van der Waals surface area contributed by atoms with Gasteiger partial charge in [-0.25, -0.2) is 0 Å². The van der Waals surface area contributed by atoms with Gasteiger partial charge in [0.05, 0.1) is 5.69 Å². The predicted octanol–water partition coefficient (Wildman–Crippen LogP) is 4.84. The molecule has 0 saturated carbocycles. The lowest BCUT2D eigenvalue weighted by atomic mass is 10.0. The van der Waals surface area contributed by atoms with E-state index in [9.17, 15) is 9.59 Å². The summed E-state index contributed by atoms with van der Waals surface area (Å²) in [4.78, 5) is 25.2. The van der Waals surface area contributed by atoms with Gasteiger partial charge in [0.1, 0.15) is 5.38 Å². The van der Waals surface area contributed by atoms with Gasteiger partial charge < -0.3 is 5.32 Å². The number of rotatable bonds is 5. The maximum Gasteiger partial charge on any atom is 0.246 e. The first-order valence-electron chi connectivity index (χ1n) is 7.85. The SMILES string of the molecule is O=C(c1ccccc1)c1ccccc1NC(=O)[C@@H](Cl)c1ccccc1. The van der Waals surface area contributed by atoms with E-state index in [0.717, 1.165) is 0 Å². The third kappa shape index (κ3) is 3.95. The average Bonchev–Trinajstić information content (AvgIpc) is 2.68. The second-order valence-corrected chi connectivity index (χ2v) is 5.94. The molecule has 0 radical (unpaired) electrons. The number of para-hydroxylation sites is 1. The Balaban J connectivity index is 1.84. The van der Waals surface area contributed by atoms with Crippen molar-refractivity contribution < 1.29 is 9.59 Å². The maximum absolute atomic E-state index is 12.7. The molecule has 1 N–H and O–H groups in total. The van der Waals surface area contributed by atoms with E-state index in [1.165, 1.54) is 0 Å². The highest BCUT2D eigenvalue weighted by Crippen LogP contribution is 2.25. The lowest BCUT2D eigenvalue weighted by Crippen LogP contribution is -2.19. The highest BCUT2D eigenvalue weighted by atomic mass is 35.5. The van der Waals surface area contributed by atoms with Crippen molar-refractivity contribution in [1.29, 1.82) is 0 Å². The third-order valence-corrected chi connectivity index (χ3v) is 4.24. The lowest BCUT2D eigenvalue weighted by Gasteiger charge is -2.13. The Morgan fingerprint density at radius 2 is 1.32 bits per heavy atom. The van der Waals surface area contributed by atoms with Crippen molar-refractivity contribution >= 4 is 29.0 Å². The van der Waals surface area contributed by atoms with Crippen LogP contribution in [0.3, 0.4) is 0 Å². The van der Waals surface area contributed by atoms with Gasteiger partial charge in [-0.3, -0.25) is 9.59 Å². The van der Waals surface area contributed by atoms with Crippen LogP contribution in [0.2, 0.25) is 0 Å². The Bertz CT molecular complexity index is 879. The summed E-state index contributed by atoms with van der Waals surface area (Å²) in [5.41, 5.74) is 2.14. The van der Waals surface area contributed by atoms with Gasteiger partial charge in [-0.1, -0.05) is 72.8 Å². The summed E-state index contributed by atoms with van der Waals surface area (Å²) in [5.74, 6) is -0.525. The van der Waals surface area contributed by atoms with Crippen molar-refractivity contribution in [3.05, 3.63) is 102 Å². The van der Waals surface area contributed by atoms with Crippen LogP contribution < -0.4 is 5.32 Å². The summed E-state index contributed by atoms with van der Waals surface area (Å²) >= 11 is 6.26. The number of amides is 1. The van der Waals surface area contributed by atoms with E-state index in [4.69, 9.17) is 11.6 Å². The molecule has 1 amide bonds. The number of carbonyl (C=O) groups excluding carboxylic acids is 2. The molecular formula is C21H16ClNO2. The zero-order valence-electron chi connectivity index (χ0n) is 13.4. The summed E-state index contributed by atoms with van der Waals surface area (Å²) in [6.45, 7) is 0. The van der Waals surface area contributed by atoms with E-state index in [1.807, 2.05) is 24.3 Å². The number of alkyl halides is 1. The first-order valence-corrected chi connectivity index (χ1v) is 8.29. The molecule has 3 aromatic carbocycles. The van der Waals surface area contributed by atoms with Crippen LogP contribution in [0.1, 0.15) is 26.9 Å². The fraction of sp³-hybridized carbons (Fsp3) is 0.0476. The number of hydrogen-bond donors (Lipinski definition) is 1. The van der Waals surface area contributed by atoms with Crippen molar-refractivity contribution in [3.63, 3.8) is 0 Å². The second-order valence-electron chi connectivity index (χ2n) is 5.50. The molecule has 0 bridgehead atoms. The molecular weight excluding hydrogens is 334 g/mol. The third-order valence-electron chi connectivity index (χ3n) is 3.79. The van der Waals surface area contributed by atoms with Crippen molar-refractivity contribution in [1.82, 2.24) is 0 Å². The first-order chi connectivity index (χ1) is 12.2. The summed E-state index contributed by atoms with van der Waals surface area (Å²) in [5, 5.41) is 1.94. The molecule has 3 nitrogen and oxygen atoms in total. The molecule has 0 aliphatic carbocycles. The zero-order valence-corrected chi connectivity index (χ0v) is 14.1. The van der Waals surface area contributed by atoms with Gasteiger partial charge in [-0.2, -0.15) is 0 Å². The topological polar surface area (TPSA) is 46.2 Å². The molecule has 0 unspecified atom stereocenters. The van der Waals surface area contributed by atoms with Crippen molar-refractivity contribution in [2.24, 2.45) is 0 Å². The second kappa shape index (κ2) is 7.77. The van der Waals surface area contributed by atoms with Gasteiger partial charge in [0, 0.05) is 11.1 Å². The summed E-state index contributed by atoms with van der Waals surface area (Å²) in [6.07, 6.45) is 0. The molecule has 25 heavy (non-hydrogen) atoms. The normalized spacial score (nSPS) is 11.6. The molecule has 0 aromatic heterocycles. The molecule has 0 fully saturated rings. The molecule has 3 rings (SSSR count). The minimum Gasteiger partial charge on any atom is -0.324 e. The van der Waals surface area contributed by atoms with Crippen LogP contribution in [0.4, 0.5) is 5.69 Å². The highest BCUT2D eigenvalue weighted by Gasteiger charge is 2.20. The van der Waals surface area contributed by atoms with Crippen LogP contribution in [0.5, 0.6) is 0 Å². The maximum atomic E-state index is 12.7. The number of anilines is 1. The van der Waals surface area contributed by atoms with E-state index in [2.05, 4.69) is 5.32 Å². The minimum atomic E-state index is -0.832. The van der Waals surface area contributed by atoms with E-state index in [1.54, 1.807) is 60.7 Å². The molecule has 124 valence electrons. The van der Waals surface area contributed by atoms with Crippen LogP contribution >= 0.6 is 11.6 Å². The van der Waals surface area contributed by atoms with Crippen LogP contribution in [-0.2, 0) is 4.79 Å². The fourth-order valence-corrected chi connectivity index (χ4v) is 2.70. The van der Waals surface area contributed by atoms with Gasteiger partial charge in [-0.05, 0) is 17.7 Å². The Morgan fingerprint density at radius 1 is 0.760 bits per heavy atom. The Kier molecular flexibility index (Phi) is 5.26. The number of nitrogens with one attached hydrogen (secondary N) is 1. The molecule has 4 heteroatoms. The van der Waals surface area contributed by atoms with Gasteiger partial charge in [0.2, 0.25) is 5.91 Å². The van der Waals surface area contributed by atoms with Crippen LogP contribution in [0.15, 0.2) is 84.9 Å². The number of benzene rings is 3. The largest absolute Gasteiger partial charge is 0.324 e. The number of ketones is 1. The van der Waals surface area contributed by atoms with E-state index >= 15 is 0 Å². The van der Waals surface area contributed by atoms with E-state index in [-0.39, 0.29) is 11.7 Å². The number of hydrogen-bond acceptors (Lipinski definition) is 2. The van der Waals surface area contributed by atoms with Gasteiger partial charge >= 0.3 is 0 Å². The minimum absolute atomic E-state index is 0.151. The average molecular weight is 350 g/mol. The molecule has 0 spiro atoms. The lowest BCUT2D eigenvalue weighted by molar-refractivity contribution is -0.116. The van der Waals surface area contributed by atoms with E-state index < -0.39 is 5.38 Å². The van der Waals surface area contributed by atoms with Crippen molar-refractivity contribution in [3.8, 4) is 0 Å². The molecule has 1 atom stereocenters. The van der Waals surface area contributed by atoms with Gasteiger partial charge in [0.15, 0.2) is 5.78 Å². The molecule has 0 aliphatic heterocycles. The van der Waals surface area contributed by atoms with Crippen LogP contribution in [0, 0.1) is 0 Å². The quantitative estimate of drug-likeness (QED) is 0.529. The molecule has 0 aliphatic rings. The van der Waals surface area contributed by atoms with Gasteiger partial charge in [-0.15, -0.1) is 11.6 Å². The van der Waals surface area contributed by atoms with Crippen molar-refractivity contribution in [2.75, 3.05) is 5.32 Å². The molecule has 0 heterocycles. The number of halogens is 1. The molecule has 0 saturated heterocycles. The summed E-state index contributed by atoms with van der Waals surface area (Å²) < 4.78 is 0. The smallest absolute Gasteiger partial charge is 0.246 e. The number of carbonyl (C=O) groups is 2. The Morgan fingerprint density at radius 3 is 2.00 bits per heavy atom. The van der Waals surface area contributed by atoms with E-state index in [0.29, 0.717) is 22.4 Å². The zero-order chi connectivity index (χ0) is 17.6. The van der Waals surface area contributed by atoms with Crippen molar-refractivity contribution in [2.45, 2.75) is 5.38 Å². The Hall–Kier alpha value is -2.91. The van der Waals surface area contributed by atoms with Gasteiger partial charge in [0.25, 0.3) is 0 Å². The summed E-state index contributed by atoms with van der Waals surface area (Å²) in [7, 11) is 0. The predicted molar refractivity (Wildman–Crippen MR) is 100.0 cm³/mol.